The molecule has 4 nitrogen and oxygen atoms in total. The van der Waals surface area contributed by atoms with Crippen molar-refractivity contribution in [2.75, 3.05) is 13.2 Å². The van der Waals surface area contributed by atoms with Gasteiger partial charge in [0.1, 0.15) is 0 Å². The molecule has 2 atom stereocenters. The Morgan fingerprint density at radius 1 is 1.44 bits per heavy atom. The predicted molar refractivity (Wildman–Crippen MR) is 64.0 cm³/mol. The van der Waals surface area contributed by atoms with Crippen LogP contribution < -0.4 is 11.1 Å². The molecule has 0 spiro atoms. The van der Waals surface area contributed by atoms with E-state index in [0.717, 1.165) is 25.8 Å². The molecule has 4 heteroatoms. The van der Waals surface area contributed by atoms with Gasteiger partial charge in [-0.2, -0.15) is 0 Å². The molecule has 1 fully saturated rings. The summed E-state index contributed by atoms with van der Waals surface area (Å²) in [5.74, 6) is -0.158. The molecule has 0 radical (unpaired) electrons. The van der Waals surface area contributed by atoms with E-state index in [-0.39, 0.29) is 24.0 Å². The summed E-state index contributed by atoms with van der Waals surface area (Å²) in [6.45, 7) is 5.53. The molecule has 0 aliphatic heterocycles. The van der Waals surface area contributed by atoms with Crippen LogP contribution in [0.2, 0.25) is 0 Å². The summed E-state index contributed by atoms with van der Waals surface area (Å²) < 4.78 is 5.45. The van der Waals surface area contributed by atoms with Gasteiger partial charge in [0.15, 0.2) is 0 Å². The van der Waals surface area contributed by atoms with Gasteiger partial charge in [-0.25, -0.2) is 0 Å². The third-order valence-corrected chi connectivity index (χ3v) is 3.09. The fourth-order valence-electron chi connectivity index (χ4n) is 2.25. The van der Waals surface area contributed by atoms with Gasteiger partial charge in [0, 0.05) is 12.6 Å². The number of carbonyl (C=O) groups excluding carboxylic acids is 1. The normalized spacial score (nSPS) is 25.9. The lowest BCUT2D eigenvalue weighted by molar-refractivity contribution is -0.123. The van der Waals surface area contributed by atoms with E-state index in [4.69, 9.17) is 10.5 Å². The third-order valence-electron chi connectivity index (χ3n) is 3.09. The average molecular weight is 228 g/mol. The zero-order chi connectivity index (χ0) is 12.0. The van der Waals surface area contributed by atoms with E-state index in [1.807, 2.05) is 13.8 Å². The van der Waals surface area contributed by atoms with E-state index >= 15 is 0 Å². The van der Waals surface area contributed by atoms with Crippen LogP contribution in [0.5, 0.6) is 0 Å². The van der Waals surface area contributed by atoms with Crippen molar-refractivity contribution >= 4 is 5.91 Å². The highest BCUT2D eigenvalue weighted by molar-refractivity contribution is 5.77. The molecule has 1 aliphatic rings. The number of hydrogen-bond donors (Lipinski definition) is 2. The zero-order valence-corrected chi connectivity index (χ0v) is 10.4. The van der Waals surface area contributed by atoms with Crippen molar-refractivity contribution in [2.24, 2.45) is 11.7 Å². The molecule has 16 heavy (non-hydrogen) atoms. The first-order chi connectivity index (χ1) is 7.61. The Morgan fingerprint density at radius 3 is 2.75 bits per heavy atom. The lowest BCUT2D eigenvalue weighted by Gasteiger charge is -2.30. The molecule has 0 aromatic rings. The Balaban J connectivity index is 2.24. The van der Waals surface area contributed by atoms with Crippen LogP contribution in [0.3, 0.4) is 0 Å². The summed E-state index contributed by atoms with van der Waals surface area (Å²) >= 11 is 0. The van der Waals surface area contributed by atoms with E-state index in [2.05, 4.69) is 5.32 Å². The molecule has 1 aliphatic carbocycles. The minimum Gasteiger partial charge on any atom is -0.377 e. The van der Waals surface area contributed by atoms with Gasteiger partial charge in [0.2, 0.25) is 5.91 Å². The number of rotatable bonds is 6. The average Bonchev–Trinajstić information content (AvgIpc) is 2.24. The predicted octanol–water partition coefficient (Wildman–Crippen LogP) is 1.05. The Labute approximate surface area is 97.9 Å². The monoisotopic (exact) mass is 228 g/mol. The Hall–Kier alpha value is -0.610. The van der Waals surface area contributed by atoms with E-state index in [1.165, 1.54) is 6.42 Å². The number of amides is 1. The lowest BCUT2D eigenvalue weighted by Crippen LogP contribution is -2.45. The van der Waals surface area contributed by atoms with Crippen LogP contribution in [0.15, 0.2) is 0 Å². The third kappa shape index (κ3) is 4.49. The second-order valence-electron chi connectivity index (χ2n) is 4.77. The fourth-order valence-corrected chi connectivity index (χ4v) is 2.25. The first kappa shape index (κ1) is 13.5. The topological polar surface area (TPSA) is 64.3 Å². The van der Waals surface area contributed by atoms with Crippen LogP contribution in [-0.4, -0.2) is 31.2 Å². The maximum atomic E-state index is 11.3. The quantitative estimate of drug-likeness (QED) is 0.668. The van der Waals surface area contributed by atoms with Gasteiger partial charge < -0.3 is 15.8 Å². The molecule has 1 saturated carbocycles. The van der Waals surface area contributed by atoms with Crippen molar-refractivity contribution in [3.8, 4) is 0 Å². The number of nitrogens with one attached hydrogen (secondary N) is 1. The van der Waals surface area contributed by atoms with E-state index in [0.29, 0.717) is 6.61 Å². The number of hydrogen-bond acceptors (Lipinski definition) is 3. The summed E-state index contributed by atoms with van der Waals surface area (Å²) in [6.07, 6.45) is 4.55. The molecule has 0 unspecified atom stereocenters. The molecule has 1 rings (SSSR count). The highest BCUT2D eigenvalue weighted by Crippen LogP contribution is 2.23. The largest absolute Gasteiger partial charge is 0.377 e. The number of carbonyl (C=O) groups is 1. The summed E-state index contributed by atoms with van der Waals surface area (Å²) in [5.41, 5.74) is 5.40. The van der Waals surface area contributed by atoms with E-state index in [1.54, 1.807) is 0 Å². The van der Waals surface area contributed by atoms with Crippen molar-refractivity contribution in [2.45, 2.75) is 51.7 Å². The zero-order valence-electron chi connectivity index (χ0n) is 10.4. The molecule has 1 amide bonds. The lowest BCUT2D eigenvalue weighted by atomic mass is 9.84. The molecular formula is C12H24N2O2. The van der Waals surface area contributed by atoms with Crippen LogP contribution in [0, 0.1) is 5.92 Å². The Kier molecular flexibility index (Phi) is 5.77. The molecule has 0 aromatic heterocycles. The second kappa shape index (κ2) is 6.86. The van der Waals surface area contributed by atoms with Crippen molar-refractivity contribution < 1.29 is 9.53 Å². The SMILES string of the molecule is CC(C)OCCN[C@@H]1CCCC[C@H]1C(N)=O. The molecular weight excluding hydrogens is 204 g/mol. The highest BCUT2D eigenvalue weighted by atomic mass is 16.5. The smallest absolute Gasteiger partial charge is 0.222 e. The van der Waals surface area contributed by atoms with Gasteiger partial charge in [-0.1, -0.05) is 12.8 Å². The van der Waals surface area contributed by atoms with Crippen molar-refractivity contribution in [1.29, 1.82) is 0 Å². The van der Waals surface area contributed by atoms with Crippen LogP contribution in [0.4, 0.5) is 0 Å². The first-order valence-corrected chi connectivity index (χ1v) is 6.25. The molecule has 0 saturated heterocycles. The van der Waals surface area contributed by atoms with Crippen LogP contribution in [0.1, 0.15) is 39.5 Å². The van der Waals surface area contributed by atoms with Gasteiger partial charge in [0.05, 0.1) is 18.6 Å². The minimum atomic E-state index is -0.165. The fraction of sp³-hybridized carbons (Fsp3) is 0.917. The standard InChI is InChI=1S/C12H24N2O2/c1-9(2)16-8-7-14-11-6-4-3-5-10(11)12(13)15/h9-11,14H,3-8H2,1-2H3,(H2,13,15)/t10-,11-/m1/s1. The summed E-state index contributed by atoms with van der Waals surface area (Å²) in [5, 5.41) is 3.38. The van der Waals surface area contributed by atoms with Crippen molar-refractivity contribution in [3.05, 3.63) is 0 Å². The van der Waals surface area contributed by atoms with Gasteiger partial charge in [-0.05, 0) is 26.7 Å². The van der Waals surface area contributed by atoms with Gasteiger partial charge >= 0.3 is 0 Å². The molecule has 0 bridgehead atoms. The van der Waals surface area contributed by atoms with Crippen molar-refractivity contribution in [3.63, 3.8) is 0 Å². The summed E-state index contributed by atoms with van der Waals surface area (Å²) in [7, 11) is 0. The Bertz CT molecular complexity index is 219. The second-order valence-corrected chi connectivity index (χ2v) is 4.77. The molecule has 94 valence electrons. The van der Waals surface area contributed by atoms with Crippen molar-refractivity contribution in [1.82, 2.24) is 5.32 Å². The molecule has 0 aromatic carbocycles. The van der Waals surface area contributed by atoms with Gasteiger partial charge in [-0.15, -0.1) is 0 Å². The summed E-state index contributed by atoms with van der Waals surface area (Å²) in [6, 6.07) is 0.252. The van der Waals surface area contributed by atoms with E-state index in [9.17, 15) is 4.79 Å². The number of nitrogens with two attached hydrogens (primary N) is 1. The molecule has 3 N–H and O–H groups in total. The van der Waals surface area contributed by atoms with E-state index < -0.39 is 0 Å². The molecule has 0 heterocycles. The van der Waals surface area contributed by atoms with Crippen LogP contribution >= 0.6 is 0 Å². The maximum absolute atomic E-state index is 11.3. The van der Waals surface area contributed by atoms with Crippen LogP contribution in [-0.2, 0) is 9.53 Å². The van der Waals surface area contributed by atoms with Crippen LogP contribution in [0.25, 0.3) is 0 Å². The first-order valence-electron chi connectivity index (χ1n) is 6.25. The minimum absolute atomic E-state index is 0.00722. The highest BCUT2D eigenvalue weighted by Gasteiger charge is 2.28. The number of ether oxygens (including phenoxy) is 1. The number of primary amides is 1. The maximum Gasteiger partial charge on any atom is 0.222 e. The summed E-state index contributed by atoms with van der Waals surface area (Å²) in [4.78, 5) is 11.3. The Morgan fingerprint density at radius 2 is 2.12 bits per heavy atom. The van der Waals surface area contributed by atoms with Gasteiger partial charge in [0.25, 0.3) is 0 Å². The van der Waals surface area contributed by atoms with Gasteiger partial charge in [-0.3, -0.25) is 4.79 Å².